The Balaban J connectivity index is 0.000000328. The van der Waals surface area contributed by atoms with Gasteiger partial charge in [-0.2, -0.15) is 4.68 Å². The van der Waals surface area contributed by atoms with E-state index in [9.17, 15) is 19.2 Å². The van der Waals surface area contributed by atoms with Crippen LogP contribution in [0.3, 0.4) is 0 Å². The van der Waals surface area contributed by atoms with E-state index in [1.54, 1.807) is 14.1 Å². The normalized spacial score (nSPS) is 10.3. The van der Waals surface area contributed by atoms with E-state index in [-0.39, 0.29) is 55.9 Å². The topological polar surface area (TPSA) is 261 Å². The van der Waals surface area contributed by atoms with Crippen molar-refractivity contribution in [1.29, 1.82) is 0 Å². The second-order valence-corrected chi connectivity index (χ2v) is 9.08. The number of rotatable bonds is 9. The van der Waals surface area contributed by atoms with Gasteiger partial charge in [0, 0.05) is 60.4 Å². The van der Waals surface area contributed by atoms with Gasteiger partial charge in [-0.05, 0) is 38.6 Å². The molecule has 8 N–H and O–H groups in total. The van der Waals surface area contributed by atoms with Crippen LogP contribution in [0.5, 0.6) is 0 Å². The Kier molecular flexibility index (Phi) is 15.1. The van der Waals surface area contributed by atoms with E-state index in [1.165, 1.54) is 24.7 Å². The Bertz CT molecular complexity index is 1610. The third kappa shape index (κ3) is 11.1. The average molecular weight is 793 g/mol. The number of nitrogens with one attached hydrogen (secondary N) is 4. The maximum Gasteiger partial charge on any atom is 0.352 e. The number of nitrogens with zero attached hydrogens (tertiary/aromatic N) is 9. The molecule has 44 heavy (non-hydrogen) atoms. The summed E-state index contributed by atoms with van der Waals surface area (Å²) >= 11 is 0. The first kappa shape index (κ1) is 37.2. The number of H-pyrrole nitrogens is 1. The molecule has 0 saturated carbocycles. The van der Waals surface area contributed by atoms with Gasteiger partial charge in [0.25, 0.3) is 17.7 Å². The van der Waals surface area contributed by atoms with E-state index in [1.807, 2.05) is 45.2 Å². The predicted octanol–water partition coefficient (Wildman–Crippen LogP) is -0.963. The summed E-state index contributed by atoms with van der Waals surface area (Å²) < 4.78 is 2.13. The van der Waals surface area contributed by atoms with Crippen molar-refractivity contribution in [1.82, 2.24) is 55.5 Å². The van der Waals surface area contributed by atoms with E-state index in [0.29, 0.717) is 5.56 Å². The fourth-order valence-electron chi connectivity index (χ4n) is 3.04. The monoisotopic (exact) mass is 792 g/mol. The van der Waals surface area contributed by atoms with Gasteiger partial charge < -0.3 is 21.8 Å². The van der Waals surface area contributed by atoms with Crippen molar-refractivity contribution in [3.8, 4) is 0 Å². The van der Waals surface area contributed by atoms with Crippen molar-refractivity contribution < 1.29 is 35.4 Å². The number of benzene rings is 1. The smallest absolute Gasteiger partial charge is 0.352 e. The number of carbonyl (C=O) groups excluding carboxylic acids is 3. The zero-order valence-corrected chi connectivity index (χ0v) is 27.1. The Morgan fingerprint density at radius 2 is 1.75 bits per heavy atom. The largest absolute Gasteiger partial charge is 0.364 e. The number of aromatic nitrogens is 7. The number of hydrogen-bond donors (Lipinski definition) is 6. The van der Waals surface area contributed by atoms with E-state index in [4.69, 9.17) is 11.5 Å². The number of fused-ring (bicyclic) bond motifs is 1. The number of nitrogens with two attached hydrogens (primary N) is 2. The summed E-state index contributed by atoms with van der Waals surface area (Å²) in [4.78, 5) is 54.6. The van der Waals surface area contributed by atoms with Crippen LogP contribution in [0.15, 0.2) is 52.1 Å². The molecule has 0 spiro atoms. The van der Waals surface area contributed by atoms with Crippen LogP contribution >= 0.6 is 0 Å². The molecule has 4 aromatic rings. The summed E-state index contributed by atoms with van der Waals surface area (Å²) in [5, 5.41) is 18.9. The molecule has 19 nitrogen and oxygen atoms in total. The molecule has 3 amide bonds. The van der Waals surface area contributed by atoms with Crippen molar-refractivity contribution in [3.63, 3.8) is 0 Å². The number of aryl methyl sites for hydroxylation is 1. The molecule has 0 bridgehead atoms. The van der Waals surface area contributed by atoms with E-state index >= 15 is 0 Å². The molecule has 0 radical (unpaired) electrons. The van der Waals surface area contributed by atoms with E-state index in [2.05, 4.69) is 51.8 Å². The van der Waals surface area contributed by atoms with Gasteiger partial charge in [-0.1, -0.05) is 22.6 Å². The van der Waals surface area contributed by atoms with Gasteiger partial charge in [-0.15, -0.1) is 10.2 Å². The maximum absolute atomic E-state index is 11.6. The van der Waals surface area contributed by atoms with Crippen molar-refractivity contribution in [2.24, 2.45) is 28.9 Å². The fourth-order valence-corrected chi connectivity index (χ4v) is 3.04. The maximum atomic E-state index is 11.6. The first-order valence-corrected chi connectivity index (χ1v) is 12.6. The Morgan fingerprint density at radius 1 is 1.09 bits per heavy atom. The van der Waals surface area contributed by atoms with E-state index < -0.39 is 17.5 Å². The minimum atomic E-state index is -0.741. The van der Waals surface area contributed by atoms with Crippen molar-refractivity contribution >= 4 is 29.2 Å². The fraction of sp³-hybridized carbons (Fsp3) is 0.333. The summed E-state index contributed by atoms with van der Waals surface area (Å²) in [5.74, 6) is -1.18. The number of hydrogen-bond acceptors (Lipinski definition) is 12. The number of hydrazine groups is 1. The predicted molar refractivity (Wildman–Crippen MR) is 155 cm³/mol. The first-order valence-electron chi connectivity index (χ1n) is 12.6. The van der Waals surface area contributed by atoms with Crippen molar-refractivity contribution in [3.05, 3.63) is 69.9 Å². The van der Waals surface area contributed by atoms with Gasteiger partial charge in [-0.25, -0.2) is 19.2 Å². The molecule has 240 valence electrons. The summed E-state index contributed by atoms with van der Waals surface area (Å²) in [5.41, 5.74) is 17.5. The number of carbonyl (C=O) groups is 3. The van der Waals surface area contributed by atoms with Gasteiger partial charge in [0.05, 0.1) is 6.33 Å². The Morgan fingerprint density at radius 3 is 2.30 bits per heavy atom. The molecule has 0 fully saturated rings. The zero-order chi connectivity index (χ0) is 32.1. The molecule has 0 unspecified atom stereocenters. The molecule has 3 heterocycles. The van der Waals surface area contributed by atoms with Crippen LogP contribution < -0.4 is 33.3 Å². The summed E-state index contributed by atoms with van der Waals surface area (Å²) in [6, 6.07) is 7.73. The standard InChI is InChI=1S/C12H19N3O.C6H6N6O2.C6H10N6O.Pt/c1-9(2)15-12(16)11-6-4-10(5-7-11)8-14-13-3;1-11-6(14)12-2-8-3(4(7)13)5(12)9-10-11;1-12(2)11-10-6-4(5(7)13)8-3-9-6;/h4-7,9,13-14H,8H2,1-3H3,(H,15,16);2H,1H3,(H2,7,13);3H,1-2H3,(H2,7,13)(H,8,9);. The van der Waals surface area contributed by atoms with Gasteiger partial charge in [-0.3, -0.25) is 30.2 Å². The van der Waals surface area contributed by atoms with Gasteiger partial charge in [0.15, 0.2) is 17.0 Å². The van der Waals surface area contributed by atoms with Gasteiger partial charge >= 0.3 is 5.69 Å². The first-order chi connectivity index (χ1) is 20.3. The van der Waals surface area contributed by atoms with E-state index in [0.717, 1.165) is 21.2 Å². The minimum Gasteiger partial charge on any atom is -0.364 e. The van der Waals surface area contributed by atoms with Crippen LogP contribution in [0.25, 0.3) is 5.65 Å². The molecule has 3 aromatic heterocycles. The minimum absolute atomic E-state index is 0. The van der Waals surface area contributed by atoms with Crippen LogP contribution in [0.1, 0.15) is 50.7 Å². The van der Waals surface area contributed by atoms with Crippen LogP contribution in [-0.4, -0.2) is 84.3 Å². The zero-order valence-electron chi connectivity index (χ0n) is 24.9. The molecular weight excluding hydrogens is 757 g/mol. The van der Waals surface area contributed by atoms with Crippen LogP contribution in [0.2, 0.25) is 0 Å². The molecule has 0 aliphatic rings. The average Bonchev–Trinajstić information content (AvgIpc) is 3.61. The number of amides is 3. The summed E-state index contributed by atoms with van der Waals surface area (Å²) in [6.45, 7) is 4.63. The molecule has 0 aliphatic carbocycles. The third-order valence-corrected chi connectivity index (χ3v) is 5.02. The van der Waals surface area contributed by atoms with Crippen LogP contribution in [-0.2, 0) is 34.7 Å². The van der Waals surface area contributed by atoms with Crippen LogP contribution in [0.4, 0.5) is 5.82 Å². The SMILES string of the molecule is CN(C)N=Nc1nc[nH]c1C(N)=O.CNNCc1ccc(C(=O)NC(C)C)cc1.Cn1nnc2c(C(N)=O)ncn2c1=O.[Pt]. The van der Waals surface area contributed by atoms with Crippen molar-refractivity contribution in [2.75, 3.05) is 21.1 Å². The van der Waals surface area contributed by atoms with Gasteiger partial charge in [0.1, 0.15) is 6.33 Å². The molecule has 0 aliphatic heterocycles. The Labute approximate surface area is 266 Å². The second kappa shape index (κ2) is 17.9. The summed E-state index contributed by atoms with van der Waals surface area (Å²) in [7, 11) is 6.68. The molecule has 1 aromatic carbocycles. The molecule has 4 rings (SSSR count). The quantitative estimate of drug-likeness (QED) is 0.0888. The van der Waals surface area contributed by atoms with Gasteiger partial charge in [0.2, 0.25) is 5.82 Å². The molecule has 20 heteroatoms. The Hall–Kier alpha value is -4.87. The molecule has 0 atom stereocenters. The summed E-state index contributed by atoms with van der Waals surface area (Å²) in [6.07, 6.45) is 2.52. The number of aromatic amines is 1. The molecule has 0 saturated heterocycles. The third-order valence-electron chi connectivity index (χ3n) is 5.02. The number of primary amides is 2. The van der Waals surface area contributed by atoms with Crippen molar-refractivity contribution in [2.45, 2.75) is 26.4 Å². The second-order valence-electron chi connectivity index (χ2n) is 9.08. The van der Waals surface area contributed by atoms with Crippen LogP contribution in [0, 0.1) is 0 Å². The number of imidazole rings is 2. The molecular formula is C24H35N15O4Pt.